The minimum absolute atomic E-state index is 0.326. The molecule has 1 heterocycles. The van der Waals surface area contributed by atoms with Gasteiger partial charge in [0.2, 0.25) is 0 Å². The van der Waals surface area contributed by atoms with Crippen LogP contribution < -0.4 is 0 Å². The Hall–Kier alpha value is -0.460. The van der Waals surface area contributed by atoms with Gasteiger partial charge in [-0.2, -0.15) is 0 Å². The summed E-state index contributed by atoms with van der Waals surface area (Å²) >= 11 is 3.71. The highest BCUT2D eigenvalue weighted by atomic mass is 127. The van der Waals surface area contributed by atoms with E-state index < -0.39 is 6.10 Å². The number of aliphatic hydroxyl groups excluding tert-OH is 1. The number of rotatable bonds is 2. The second-order valence-corrected chi connectivity index (χ2v) is 5.91. The van der Waals surface area contributed by atoms with Gasteiger partial charge < -0.3 is 5.11 Å². The normalized spacial score (nSPS) is 12.7. The molecule has 0 fully saturated rings. The summed E-state index contributed by atoms with van der Waals surface area (Å²) in [6.45, 7) is 0. The van der Waals surface area contributed by atoms with Crippen LogP contribution in [0.5, 0.6) is 0 Å². The Kier molecular flexibility index (Phi) is 3.38. The molecule has 15 heavy (non-hydrogen) atoms. The van der Waals surface area contributed by atoms with Crippen molar-refractivity contribution in [1.29, 1.82) is 0 Å². The highest BCUT2D eigenvalue weighted by Gasteiger charge is 2.15. The summed E-state index contributed by atoms with van der Waals surface area (Å²) < 4.78 is 14.5. The first kappa shape index (κ1) is 11.0. The van der Waals surface area contributed by atoms with Crippen molar-refractivity contribution in [3.05, 3.63) is 55.5 Å². The second-order valence-electron chi connectivity index (χ2n) is 3.11. The van der Waals surface area contributed by atoms with E-state index in [4.69, 9.17) is 0 Å². The lowest BCUT2D eigenvalue weighted by molar-refractivity contribution is 0.215. The maximum absolute atomic E-state index is 13.4. The molecule has 0 radical (unpaired) electrons. The number of halogens is 2. The fourth-order valence-electron chi connectivity index (χ4n) is 1.34. The van der Waals surface area contributed by atoms with Crippen LogP contribution >= 0.6 is 33.9 Å². The van der Waals surface area contributed by atoms with Crippen LogP contribution in [0.15, 0.2) is 35.7 Å². The van der Waals surface area contributed by atoms with E-state index in [9.17, 15) is 9.50 Å². The molecular weight excluding hydrogens is 326 g/mol. The van der Waals surface area contributed by atoms with Gasteiger partial charge in [0.25, 0.3) is 0 Å². The zero-order chi connectivity index (χ0) is 10.8. The highest BCUT2D eigenvalue weighted by Crippen LogP contribution is 2.28. The molecule has 2 aromatic rings. The SMILES string of the molecule is OC(c1csc(I)c1)c1ccccc1F. The van der Waals surface area contributed by atoms with Crippen LogP contribution in [0, 0.1) is 8.70 Å². The fraction of sp³-hybridized carbons (Fsp3) is 0.0909. The topological polar surface area (TPSA) is 20.2 Å². The van der Waals surface area contributed by atoms with Crippen LogP contribution in [-0.2, 0) is 0 Å². The van der Waals surface area contributed by atoms with E-state index >= 15 is 0 Å². The van der Waals surface area contributed by atoms with Gasteiger partial charge in [-0.3, -0.25) is 0 Å². The Labute approximate surface area is 105 Å². The summed E-state index contributed by atoms with van der Waals surface area (Å²) in [7, 11) is 0. The van der Waals surface area contributed by atoms with E-state index in [0.717, 1.165) is 8.45 Å². The van der Waals surface area contributed by atoms with Crippen LogP contribution in [0.25, 0.3) is 0 Å². The van der Waals surface area contributed by atoms with Crippen molar-refractivity contribution in [3.8, 4) is 0 Å². The monoisotopic (exact) mass is 334 g/mol. The third-order valence-corrected chi connectivity index (χ3v) is 3.91. The van der Waals surface area contributed by atoms with Gasteiger partial charge in [-0.05, 0) is 45.7 Å². The van der Waals surface area contributed by atoms with Crippen molar-refractivity contribution in [2.75, 3.05) is 0 Å². The summed E-state index contributed by atoms with van der Waals surface area (Å²) in [5, 5.41) is 11.8. The van der Waals surface area contributed by atoms with Crippen molar-refractivity contribution in [3.63, 3.8) is 0 Å². The molecule has 0 aliphatic heterocycles. The lowest BCUT2D eigenvalue weighted by Gasteiger charge is -2.09. The Morgan fingerprint density at radius 3 is 2.67 bits per heavy atom. The first-order valence-corrected chi connectivity index (χ1v) is 6.31. The van der Waals surface area contributed by atoms with Gasteiger partial charge in [0.1, 0.15) is 11.9 Å². The predicted molar refractivity (Wildman–Crippen MR) is 67.5 cm³/mol. The molecule has 1 N–H and O–H groups in total. The lowest BCUT2D eigenvalue weighted by Crippen LogP contribution is -2.00. The molecule has 0 spiro atoms. The van der Waals surface area contributed by atoms with Crippen molar-refractivity contribution >= 4 is 33.9 Å². The Morgan fingerprint density at radius 2 is 2.07 bits per heavy atom. The van der Waals surface area contributed by atoms with Crippen LogP contribution in [0.1, 0.15) is 17.2 Å². The fourth-order valence-corrected chi connectivity index (χ4v) is 2.73. The summed E-state index contributed by atoms with van der Waals surface area (Å²) in [6.07, 6.45) is -0.869. The van der Waals surface area contributed by atoms with Gasteiger partial charge in [0.15, 0.2) is 0 Å². The summed E-state index contributed by atoms with van der Waals surface area (Å²) in [6, 6.07) is 8.16. The molecule has 1 aromatic carbocycles. The maximum Gasteiger partial charge on any atom is 0.129 e. The maximum atomic E-state index is 13.4. The van der Waals surface area contributed by atoms with Crippen molar-refractivity contribution in [2.24, 2.45) is 0 Å². The average Bonchev–Trinajstić information content (AvgIpc) is 2.65. The van der Waals surface area contributed by atoms with Crippen molar-refractivity contribution in [1.82, 2.24) is 0 Å². The largest absolute Gasteiger partial charge is 0.384 e. The quantitative estimate of drug-likeness (QED) is 0.833. The number of hydrogen-bond acceptors (Lipinski definition) is 2. The molecule has 0 saturated heterocycles. The molecular formula is C11H8FIOS. The third-order valence-electron chi connectivity index (χ3n) is 2.10. The zero-order valence-electron chi connectivity index (χ0n) is 7.65. The molecule has 4 heteroatoms. The van der Waals surface area contributed by atoms with E-state index in [1.807, 2.05) is 11.4 Å². The molecule has 1 unspecified atom stereocenters. The van der Waals surface area contributed by atoms with Gasteiger partial charge in [0, 0.05) is 5.56 Å². The summed E-state index contributed by atoms with van der Waals surface area (Å²) in [5.74, 6) is -0.369. The Balaban J connectivity index is 2.36. The number of hydrogen-bond donors (Lipinski definition) is 1. The number of benzene rings is 1. The Morgan fingerprint density at radius 1 is 1.33 bits per heavy atom. The average molecular weight is 334 g/mol. The second kappa shape index (κ2) is 4.59. The van der Waals surface area contributed by atoms with Gasteiger partial charge in [-0.25, -0.2) is 4.39 Å². The van der Waals surface area contributed by atoms with Crippen LogP contribution in [0.2, 0.25) is 0 Å². The smallest absolute Gasteiger partial charge is 0.129 e. The van der Waals surface area contributed by atoms with E-state index in [1.54, 1.807) is 18.2 Å². The summed E-state index contributed by atoms with van der Waals surface area (Å²) in [4.78, 5) is 0. The van der Waals surface area contributed by atoms with E-state index in [0.29, 0.717) is 5.56 Å². The van der Waals surface area contributed by atoms with Gasteiger partial charge >= 0.3 is 0 Å². The van der Waals surface area contributed by atoms with E-state index in [1.165, 1.54) is 17.4 Å². The highest BCUT2D eigenvalue weighted by molar-refractivity contribution is 14.1. The minimum Gasteiger partial charge on any atom is -0.384 e. The number of aliphatic hydroxyl groups is 1. The van der Waals surface area contributed by atoms with Crippen molar-refractivity contribution in [2.45, 2.75) is 6.10 Å². The first-order valence-electron chi connectivity index (χ1n) is 4.35. The minimum atomic E-state index is -0.869. The van der Waals surface area contributed by atoms with Crippen LogP contribution in [0.4, 0.5) is 4.39 Å². The zero-order valence-corrected chi connectivity index (χ0v) is 10.6. The summed E-state index contributed by atoms with van der Waals surface area (Å²) in [5.41, 5.74) is 1.07. The van der Waals surface area contributed by atoms with Gasteiger partial charge in [-0.15, -0.1) is 11.3 Å². The Bertz CT molecular complexity index is 469. The van der Waals surface area contributed by atoms with Crippen LogP contribution in [-0.4, -0.2) is 5.11 Å². The molecule has 78 valence electrons. The molecule has 1 aromatic heterocycles. The molecule has 0 aliphatic carbocycles. The molecule has 0 bridgehead atoms. The molecule has 0 saturated carbocycles. The first-order chi connectivity index (χ1) is 7.18. The molecule has 0 amide bonds. The molecule has 0 aliphatic rings. The van der Waals surface area contributed by atoms with Crippen molar-refractivity contribution < 1.29 is 9.50 Å². The van der Waals surface area contributed by atoms with E-state index in [-0.39, 0.29) is 5.82 Å². The van der Waals surface area contributed by atoms with Gasteiger partial charge in [-0.1, -0.05) is 18.2 Å². The molecule has 1 nitrogen and oxygen atoms in total. The standard InChI is InChI=1S/C11H8FIOS/c12-9-4-2-1-3-8(9)11(14)7-5-10(13)15-6-7/h1-6,11,14H. The number of thiophene rings is 1. The van der Waals surface area contributed by atoms with Crippen LogP contribution in [0.3, 0.4) is 0 Å². The molecule has 2 rings (SSSR count). The van der Waals surface area contributed by atoms with Gasteiger partial charge in [0.05, 0.1) is 2.88 Å². The predicted octanol–water partition coefficient (Wildman–Crippen LogP) is 3.57. The lowest BCUT2D eigenvalue weighted by atomic mass is 10.0. The van der Waals surface area contributed by atoms with E-state index in [2.05, 4.69) is 22.6 Å². The third kappa shape index (κ3) is 2.38. The molecule has 1 atom stereocenters.